The number of aromatic nitrogens is 2. The minimum absolute atomic E-state index is 0.110. The number of anilines is 1. The zero-order valence-electron chi connectivity index (χ0n) is 16.6. The lowest BCUT2D eigenvalue weighted by atomic mass is 10.2. The summed E-state index contributed by atoms with van der Waals surface area (Å²) in [5.74, 6) is 0.427. The molecule has 6 nitrogen and oxygen atoms in total. The van der Waals surface area contributed by atoms with Gasteiger partial charge in [0.1, 0.15) is 12.4 Å². The number of hydrogen-bond donors (Lipinski definition) is 0. The first-order valence-corrected chi connectivity index (χ1v) is 9.98. The fraction of sp³-hybridized carbons (Fsp3) is 0.208. The van der Waals surface area contributed by atoms with Gasteiger partial charge in [-0.25, -0.2) is 9.78 Å². The zero-order valence-corrected chi connectivity index (χ0v) is 16.6. The third-order valence-corrected chi connectivity index (χ3v) is 5.03. The van der Waals surface area contributed by atoms with Crippen LogP contribution in [0.4, 0.5) is 5.69 Å². The van der Waals surface area contributed by atoms with Crippen LogP contribution in [0.5, 0.6) is 0 Å². The number of imidazole rings is 1. The van der Waals surface area contributed by atoms with E-state index >= 15 is 0 Å². The highest BCUT2D eigenvalue weighted by atomic mass is 16.5. The van der Waals surface area contributed by atoms with Gasteiger partial charge < -0.3 is 14.2 Å². The summed E-state index contributed by atoms with van der Waals surface area (Å²) in [4.78, 5) is 30.0. The van der Waals surface area contributed by atoms with Crippen LogP contribution in [0.25, 0.3) is 6.08 Å². The second kappa shape index (κ2) is 9.22. The van der Waals surface area contributed by atoms with E-state index in [2.05, 4.69) is 4.98 Å². The van der Waals surface area contributed by atoms with Crippen LogP contribution < -0.4 is 4.90 Å². The van der Waals surface area contributed by atoms with Gasteiger partial charge in [-0.05, 0) is 35.8 Å². The minimum Gasteiger partial charge on any atom is -0.454 e. The second-order valence-corrected chi connectivity index (χ2v) is 7.14. The van der Waals surface area contributed by atoms with Crippen molar-refractivity contribution in [1.29, 1.82) is 0 Å². The normalized spacial score (nSPS) is 13.9. The Labute approximate surface area is 175 Å². The zero-order chi connectivity index (χ0) is 20.8. The molecule has 6 heteroatoms. The summed E-state index contributed by atoms with van der Waals surface area (Å²) in [6, 6.07) is 17.6. The fourth-order valence-electron chi connectivity index (χ4n) is 3.44. The maximum atomic E-state index is 12.1. The molecule has 3 aromatic rings. The minimum atomic E-state index is -0.428. The molecule has 152 valence electrons. The average molecular weight is 401 g/mol. The van der Waals surface area contributed by atoms with Crippen molar-refractivity contribution in [3.63, 3.8) is 0 Å². The number of hydrogen-bond acceptors (Lipinski definition) is 4. The van der Waals surface area contributed by atoms with Crippen molar-refractivity contribution in [2.75, 3.05) is 11.4 Å². The number of carbonyl (C=O) groups is 2. The van der Waals surface area contributed by atoms with E-state index in [-0.39, 0.29) is 12.5 Å². The number of rotatable bonds is 7. The Morgan fingerprint density at radius 1 is 1.10 bits per heavy atom. The third-order valence-electron chi connectivity index (χ3n) is 5.03. The first kappa shape index (κ1) is 19.6. The molecule has 2 aromatic carbocycles. The van der Waals surface area contributed by atoms with E-state index in [0.29, 0.717) is 18.8 Å². The van der Waals surface area contributed by atoms with Gasteiger partial charge in [0, 0.05) is 43.7 Å². The van der Waals surface area contributed by atoms with Crippen molar-refractivity contribution in [2.24, 2.45) is 0 Å². The molecular weight excluding hydrogens is 378 g/mol. The summed E-state index contributed by atoms with van der Waals surface area (Å²) in [5.41, 5.74) is 2.91. The van der Waals surface area contributed by atoms with Gasteiger partial charge in [-0.15, -0.1) is 0 Å². The smallest absolute Gasteiger partial charge is 0.331 e. The summed E-state index contributed by atoms with van der Waals surface area (Å²) in [5, 5.41) is 0. The largest absolute Gasteiger partial charge is 0.454 e. The molecule has 2 heterocycles. The first-order valence-electron chi connectivity index (χ1n) is 9.98. The molecule has 1 amide bonds. The Morgan fingerprint density at radius 3 is 2.63 bits per heavy atom. The molecule has 30 heavy (non-hydrogen) atoms. The molecule has 1 saturated heterocycles. The summed E-state index contributed by atoms with van der Waals surface area (Å²) < 4.78 is 7.31. The van der Waals surface area contributed by atoms with Crippen molar-refractivity contribution < 1.29 is 14.3 Å². The summed E-state index contributed by atoms with van der Waals surface area (Å²) in [6.45, 7) is 1.55. The predicted molar refractivity (Wildman–Crippen MR) is 115 cm³/mol. The number of ether oxygens (including phenoxy) is 1. The quantitative estimate of drug-likeness (QED) is 0.446. The van der Waals surface area contributed by atoms with Crippen LogP contribution in [0.1, 0.15) is 29.8 Å². The van der Waals surface area contributed by atoms with E-state index in [1.54, 1.807) is 17.2 Å². The van der Waals surface area contributed by atoms with E-state index in [0.717, 1.165) is 29.8 Å². The molecule has 1 aliphatic rings. The van der Waals surface area contributed by atoms with Crippen LogP contribution in [0.3, 0.4) is 0 Å². The van der Waals surface area contributed by atoms with Crippen molar-refractivity contribution in [1.82, 2.24) is 9.55 Å². The van der Waals surface area contributed by atoms with E-state index in [4.69, 9.17) is 4.74 Å². The number of nitrogens with zero attached hydrogens (tertiary/aromatic N) is 3. The van der Waals surface area contributed by atoms with E-state index < -0.39 is 5.97 Å². The molecule has 1 fully saturated rings. The summed E-state index contributed by atoms with van der Waals surface area (Å²) in [7, 11) is 0. The molecule has 4 rings (SSSR count). The number of benzene rings is 2. The molecule has 0 N–H and O–H groups in total. The van der Waals surface area contributed by atoms with Gasteiger partial charge in [-0.1, -0.05) is 42.5 Å². The van der Waals surface area contributed by atoms with E-state index in [1.807, 2.05) is 65.4 Å². The lowest BCUT2D eigenvalue weighted by Gasteiger charge is -2.15. The van der Waals surface area contributed by atoms with Crippen molar-refractivity contribution in [3.05, 3.63) is 90.0 Å². The van der Waals surface area contributed by atoms with Gasteiger partial charge in [0.2, 0.25) is 5.91 Å². The number of amides is 1. The van der Waals surface area contributed by atoms with Crippen LogP contribution in [0.2, 0.25) is 0 Å². The standard InChI is InChI=1S/C24H23N3O3/c28-23-7-4-15-27(23)21-11-8-19(9-12-21)10-13-24(29)30-18-22-25-14-16-26(22)17-20-5-2-1-3-6-20/h1-3,5-6,8-14,16H,4,7,15,17-18H2/b13-10+. The van der Waals surface area contributed by atoms with E-state index in [9.17, 15) is 9.59 Å². The molecule has 0 aliphatic carbocycles. The third kappa shape index (κ3) is 4.84. The van der Waals surface area contributed by atoms with Gasteiger partial charge in [0.25, 0.3) is 0 Å². The van der Waals surface area contributed by atoms with Gasteiger partial charge in [-0.2, -0.15) is 0 Å². The van der Waals surface area contributed by atoms with Gasteiger partial charge >= 0.3 is 5.97 Å². The van der Waals surface area contributed by atoms with Crippen molar-refractivity contribution in [2.45, 2.75) is 26.0 Å². The topological polar surface area (TPSA) is 64.4 Å². The van der Waals surface area contributed by atoms with Crippen LogP contribution >= 0.6 is 0 Å². The maximum Gasteiger partial charge on any atom is 0.331 e. The number of carbonyl (C=O) groups excluding carboxylic acids is 2. The van der Waals surface area contributed by atoms with Crippen molar-refractivity contribution >= 4 is 23.6 Å². The highest BCUT2D eigenvalue weighted by Gasteiger charge is 2.21. The molecular formula is C24H23N3O3. The highest BCUT2D eigenvalue weighted by molar-refractivity contribution is 5.95. The Balaban J connectivity index is 1.30. The Bertz CT molecular complexity index is 1040. The van der Waals surface area contributed by atoms with Gasteiger partial charge in [0.05, 0.1) is 0 Å². The molecule has 0 atom stereocenters. The molecule has 0 saturated carbocycles. The lowest BCUT2D eigenvalue weighted by Crippen LogP contribution is -2.23. The second-order valence-electron chi connectivity index (χ2n) is 7.14. The predicted octanol–water partition coefficient (Wildman–Crippen LogP) is 3.81. The van der Waals surface area contributed by atoms with Crippen molar-refractivity contribution in [3.8, 4) is 0 Å². The molecule has 0 unspecified atom stereocenters. The van der Waals surface area contributed by atoms with E-state index in [1.165, 1.54) is 6.08 Å². The van der Waals surface area contributed by atoms with Crippen LogP contribution in [0, 0.1) is 0 Å². The lowest BCUT2D eigenvalue weighted by molar-refractivity contribution is -0.139. The maximum absolute atomic E-state index is 12.1. The molecule has 1 aliphatic heterocycles. The Morgan fingerprint density at radius 2 is 1.90 bits per heavy atom. The molecule has 0 spiro atoms. The molecule has 0 radical (unpaired) electrons. The summed E-state index contributed by atoms with van der Waals surface area (Å²) >= 11 is 0. The Hall–Kier alpha value is -3.67. The Kier molecular flexibility index (Phi) is 6.03. The summed E-state index contributed by atoms with van der Waals surface area (Å²) in [6.07, 6.45) is 8.19. The molecule has 0 bridgehead atoms. The monoisotopic (exact) mass is 401 g/mol. The SMILES string of the molecule is O=C(/C=C/c1ccc(N2CCCC2=O)cc1)OCc1nccn1Cc1ccccc1. The van der Waals surface area contributed by atoms with Crippen LogP contribution in [-0.4, -0.2) is 28.0 Å². The highest BCUT2D eigenvalue weighted by Crippen LogP contribution is 2.21. The molecule has 1 aromatic heterocycles. The van der Waals surface area contributed by atoms with Crippen LogP contribution in [0.15, 0.2) is 73.1 Å². The fourth-order valence-corrected chi connectivity index (χ4v) is 3.44. The average Bonchev–Trinajstić information content (AvgIpc) is 3.40. The van der Waals surface area contributed by atoms with Gasteiger partial charge in [-0.3, -0.25) is 4.79 Å². The van der Waals surface area contributed by atoms with Gasteiger partial charge in [0.15, 0.2) is 0 Å². The number of esters is 1. The van der Waals surface area contributed by atoms with Crippen LogP contribution in [-0.2, 0) is 27.5 Å². The first-order chi connectivity index (χ1) is 14.7.